The molecule has 44 heavy (non-hydrogen) atoms. The van der Waals surface area contributed by atoms with Gasteiger partial charge in [0.1, 0.15) is 11.9 Å². The molecule has 0 bridgehead atoms. The Morgan fingerprint density at radius 2 is 1.55 bits per heavy atom. The topological polar surface area (TPSA) is 131 Å². The summed E-state index contributed by atoms with van der Waals surface area (Å²) in [4.78, 5) is 30.5. The van der Waals surface area contributed by atoms with E-state index in [2.05, 4.69) is 15.5 Å². The number of aliphatic hydroxyl groups excluding tert-OH is 1. The van der Waals surface area contributed by atoms with Gasteiger partial charge in [-0.3, -0.25) is 9.69 Å². The SMILES string of the molecule is C[C@@H]1CN([C@@H](C)CO)C(=O)c2cc(NC(=O)Nc3ccc4c(c3)OCO4)ccc2O[C@@H]1CN(C)Cc1ccc2c(c1)OCO2. The lowest BCUT2D eigenvalue weighted by Gasteiger charge is -2.38. The molecule has 232 valence electrons. The van der Waals surface area contributed by atoms with Gasteiger partial charge in [0.2, 0.25) is 13.6 Å². The summed E-state index contributed by atoms with van der Waals surface area (Å²) in [5.74, 6) is 2.75. The van der Waals surface area contributed by atoms with Gasteiger partial charge in [0.05, 0.1) is 18.2 Å². The number of urea groups is 1. The maximum Gasteiger partial charge on any atom is 0.323 e. The lowest BCUT2D eigenvalue weighted by atomic mass is 9.99. The first-order valence-electron chi connectivity index (χ1n) is 14.5. The fraction of sp³-hybridized carbons (Fsp3) is 0.375. The Bertz CT molecular complexity index is 1550. The lowest BCUT2D eigenvalue weighted by molar-refractivity contribution is 0.0341. The average molecular weight is 605 g/mol. The fourth-order valence-electron chi connectivity index (χ4n) is 5.51. The zero-order chi connectivity index (χ0) is 30.8. The third kappa shape index (κ3) is 6.31. The molecule has 0 fully saturated rings. The number of benzene rings is 3. The first-order chi connectivity index (χ1) is 21.3. The Morgan fingerprint density at radius 3 is 2.25 bits per heavy atom. The molecule has 0 aromatic heterocycles. The molecule has 3 aliphatic heterocycles. The van der Waals surface area contributed by atoms with Crippen LogP contribution in [0.2, 0.25) is 0 Å². The van der Waals surface area contributed by atoms with Crippen LogP contribution >= 0.6 is 0 Å². The number of carbonyl (C=O) groups excluding carboxylic acids is 2. The molecule has 0 radical (unpaired) electrons. The molecule has 3 heterocycles. The van der Waals surface area contributed by atoms with E-state index in [0.717, 1.165) is 17.1 Å². The molecule has 0 saturated carbocycles. The number of fused-ring (bicyclic) bond motifs is 3. The Balaban J connectivity index is 1.19. The molecular weight excluding hydrogens is 568 g/mol. The van der Waals surface area contributed by atoms with Gasteiger partial charge in [-0.25, -0.2) is 4.79 Å². The van der Waals surface area contributed by atoms with Gasteiger partial charge in [-0.05, 0) is 62.0 Å². The number of carbonyl (C=O) groups is 2. The maximum absolute atomic E-state index is 13.8. The van der Waals surface area contributed by atoms with E-state index >= 15 is 0 Å². The van der Waals surface area contributed by atoms with Gasteiger partial charge < -0.3 is 44.3 Å². The van der Waals surface area contributed by atoms with Crippen LogP contribution in [0.15, 0.2) is 54.6 Å². The number of anilines is 2. The molecule has 3 aromatic carbocycles. The molecule has 3 atom stereocenters. The number of hydrogen-bond donors (Lipinski definition) is 3. The zero-order valence-electron chi connectivity index (χ0n) is 24.9. The van der Waals surface area contributed by atoms with E-state index in [1.807, 2.05) is 39.1 Å². The van der Waals surface area contributed by atoms with E-state index in [0.29, 0.717) is 53.8 Å². The van der Waals surface area contributed by atoms with E-state index in [1.165, 1.54) is 0 Å². The normalized spacial score (nSPS) is 19.1. The Morgan fingerprint density at radius 1 is 0.932 bits per heavy atom. The van der Waals surface area contributed by atoms with Crippen LogP contribution in [0.5, 0.6) is 28.7 Å². The van der Waals surface area contributed by atoms with Crippen LogP contribution in [0.4, 0.5) is 16.2 Å². The molecule has 3 amide bonds. The second kappa shape index (κ2) is 12.5. The smallest absolute Gasteiger partial charge is 0.323 e. The summed E-state index contributed by atoms with van der Waals surface area (Å²) in [6.45, 7) is 5.68. The number of hydrogen-bond acceptors (Lipinski definition) is 9. The lowest BCUT2D eigenvalue weighted by Crippen LogP contribution is -2.49. The summed E-state index contributed by atoms with van der Waals surface area (Å²) in [7, 11) is 2.02. The van der Waals surface area contributed by atoms with Crippen molar-refractivity contribution in [3.8, 4) is 28.7 Å². The van der Waals surface area contributed by atoms with Gasteiger partial charge in [-0.15, -0.1) is 0 Å². The van der Waals surface area contributed by atoms with Crippen LogP contribution < -0.4 is 34.3 Å². The third-order valence-corrected chi connectivity index (χ3v) is 7.93. The van der Waals surface area contributed by atoms with Crippen molar-refractivity contribution in [1.29, 1.82) is 0 Å². The predicted molar refractivity (Wildman–Crippen MR) is 162 cm³/mol. The first-order valence-corrected chi connectivity index (χ1v) is 14.5. The maximum atomic E-state index is 13.8. The highest BCUT2D eigenvalue weighted by Gasteiger charge is 2.33. The molecule has 12 heteroatoms. The molecule has 3 N–H and O–H groups in total. The minimum atomic E-state index is -0.486. The van der Waals surface area contributed by atoms with E-state index in [1.54, 1.807) is 41.3 Å². The van der Waals surface area contributed by atoms with Crippen molar-refractivity contribution in [3.05, 3.63) is 65.7 Å². The number of rotatable bonds is 8. The van der Waals surface area contributed by atoms with Crippen LogP contribution in [-0.2, 0) is 6.54 Å². The van der Waals surface area contributed by atoms with E-state index < -0.39 is 12.1 Å². The summed E-state index contributed by atoms with van der Waals surface area (Å²) < 4.78 is 28.2. The highest BCUT2D eigenvalue weighted by Crippen LogP contribution is 2.35. The molecule has 12 nitrogen and oxygen atoms in total. The van der Waals surface area contributed by atoms with Crippen molar-refractivity contribution in [3.63, 3.8) is 0 Å². The van der Waals surface area contributed by atoms with E-state index in [-0.39, 0.29) is 38.1 Å². The van der Waals surface area contributed by atoms with Gasteiger partial charge in [0.15, 0.2) is 23.0 Å². The van der Waals surface area contributed by atoms with Crippen LogP contribution in [0.1, 0.15) is 29.8 Å². The number of nitrogens with zero attached hydrogens (tertiary/aromatic N) is 2. The van der Waals surface area contributed by atoms with Crippen molar-refractivity contribution >= 4 is 23.3 Å². The quantitative estimate of drug-likeness (QED) is 0.347. The van der Waals surface area contributed by atoms with E-state index in [9.17, 15) is 14.7 Å². The number of nitrogens with one attached hydrogen (secondary N) is 2. The number of likely N-dealkylation sites (N-methyl/N-ethyl adjacent to an activating group) is 1. The molecule has 0 unspecified atom stereocenters. The van der Waals surface area contributed by atoms with Crippen molar-refractivity contribution in [2.75, 3.05) is 51.0 Å². The molecule has 0 aliphatic carbocycles. The average Bonchev–Trinajstić information content (AvgIpc) is 3.68. The summed E-state index contributed by atoms with van der Waals surface area (Å²) in [6, 6.07) is 15.1. The molecule has 0 spiro atoms. The van der Waals surface area contributed by atoms with Crippen LogP contribution in [0.25, 0.3) is 0 Å². The van der Waals surface area contributed by atoms with Gasteiger partial charge in [-0.2, -0.15) is 0 Å². The summed E-state index contributed by atoms with van der Waals surface area (Å²) in [6.07, 6.45) is -0.262. The standard InChI is InChI=1S/C32H36N4O8/c1-19-13-36(20(2)16-37)31(38)24-11-22(33-32(39)34-23-6-9-27-29(12-23)43-18-41-27)5-8-25(24)44-30(19)15-35(3)14-21-4-7-26-28(10-21)42-17-40-26/h4-12,19-20,30,37H,13-18H2,1-3H3,(H2,33,34,39)/t19-,20+,30-/m1/s1. The third-order valence-electron chi connectivity index (χ3n) is 7.93. The highest BCUT2D eigenvalue weighted by molar-refractivity contribution is 6.02. The van der Waals surface area contributed by atoms with Gasteiger partial charge in [-0.1, -0.05) is 13.0 Å². The van der Waals surface area contributed by atoms with Crippen molar-refractivity contribution < 1.29 is 38.4 Å². The van der Waals surface area contributed by atoms with E-state index in [4.69, 9.17) is 23.7 Å². The van der Waals surface area contributed by atoms with Gasteiger partial charge in [0.25, 0.3) is 5.91 Å². The van der Waals surface area contributed by atoms with Crippen LogP contribution in [0.3, 0.4) is 0 Å². The van der Waals surface area contributed by atoms with Crippen molar-refractivity contribution in [1.82, 2.24) is 9.80 Å². The first kappa shape index (κ1) is 29.4. The number of aliphatic hydroxyl groups is 1. The Hall–Kier alpha value is -4.68. The predicted octanol–water partition coefficient (Wildman–Crippen LogP) is 4.14. The minimum absolute atomic E-state index is 0.0365. The molecular formula is C32H36N4O8. The number of ether oxygens (including phenoxy) is 5. The van der Waals surface area contributed by atoms with Crippen molar-refractivity contribution in [2.24, 2.45) is 5.92 Å². The second-order valence-electron chi connectivity index (χ2n) is 11.4. The second-order valence-corrected chi connectivity index (χ2v) is 11.4. The minimum Gasteiger partial charge on any atom is -0.488 e. The summed E-state index contributed by atoms with van der Waals surface area (Å²) in [5.41, 5.74) is 2.33. The summed E-state index contributed by atoms with van der Waals surface area (Å²) >= 11 is 0. The highest BCUT2D eigenvalue weighted by atomic mass is 16.7. The molecule has 0 saturated heterocycles. The Labute approximate surface area is 255 Å². The monoisotopic (exact) mass is 604 g/mol. The fourth-order valence-corrected chi connectivity index (χ4v) is 5.51. The van der Waals surface area contributed by atoms with Gasteiger partial charge in [0, 0.05) is 43.0 Å². The molecule has 6 rings (SSSR count). The zero-order valence-corrected chi connectivity index (χ0v) is 24.9. The number of amides is 3. The largest absolute Gasteiger partial charge is 0.488 e. The van der Waals surface area contributed by atoms with Crippen molar-refractivity contribution in [2.45, 2.75) is 32.5 Å². The molecule has 3 aliphatic rings. The Kier molecular flexibility index (Phi) is 8.36. The molecule has 3 aromatic rings. The van der Waals surface area contributed by atoms with Crippen LogP contribution in [-0.4, -0.2) is 79.3 Å². The summed E-state index contributed by atoms with van der Waals surface area (Å²) in [5, 5.41) is 15.5. The van der Waals surface area contributed by atoms with Gasteiger partial charge >= 0.3 is 6.03 Å². The van der Waals surface area contributed by atoms with Crippen LogP contribution in [0, 0.1) is 5.92 Å².